The van der Waals surface area contributed by atoms with Crippen LogP contribution < -0.4 is 15.2 Å². The average Bonchev–Trinajstić information content (AvgIpc) is 2.43. The summed E-state index contributed by atoms with van der Waals surface area (Å²) in [5.74, 6) is 5.56. The van der Waals surface area contributed by atoms with Crippen LogP contribution in [0.3, 0.4) is 0 Å². The zero-order chi connectivity index (χ0) is 15.0. The molecule has 20 heavy (non-hydrogen) atoms. The van der Waals surface area contributed by atoms with Gasteiger partial charge in [-0.15, -0.1) is 0 Å². The summed E-state index contributed by atoms with van der Waals surface area (Å²) in [6.45, 7) is 0.317. The van der Waals surface area contributed by atoms with Crippen molar-refractivity contribution in [1.29, 1.82) is 0 Å². The first kappa shape index (κ1) is 16.0. The highest BCUT2D eigenvalue weighted by Crippen LogP contribution is 2.03. The molecule has 0 fully saturated rings. The lowest BCUT2D eigenvalue weighted by molar-refractivity contribution is 0.177. The second-order valence-corrected chi connectivity index (χ2v) is 5.12. The Morgan fingerprint density at radius 1 is 1.35 bits per heavy atom. The van der Waals surface area contributed by atoms with Crippen LogP contribution in [0.15, 0.2) is 24.3 Å². The van der Waals surface area contributed by atoms with Crippen LogP contribution in [0.25, 0.3) is 0 Å². The highest BCUT2D eigenvalue weighted by atomic mass is 32.2. The molecule has 0 aliphatic rings. The largest absolute Gasteiger partial charge is 0.452 e. The number of ether oxygens (including phenoxy) is 1. The van der Waals surface area contributed by atoms with Gasteiger partial charge in [-0.05, 0) is 17.7 Å². The normalized spacial score (nSPS) is 10.3. The van der Waals surface area contributed by atoms with Gasteiger partial charge in [-0.3, -0.25) is 0 Å². The Balaban J connectivity index is 2.59. The highest BCUT2D eigenvalue weighted by Gasteiger charge is 2.13. The van der Waals surface area contributed by atoms with Gasteiger partial charge in [-0.25, -0.2) is 9.52 Å². The quantitative estimate of drug-likeness (QED) is 0.660. The van der Waals surface area contributed by atoms with Crippen LogP contribution in [-0.4, -0.2) is 28.2 Å². The maximum atomic E-state index is 11.4. The molecule has 0 aliphatic carbocycles. The molecule has 0 spiro atoms. The Hall–Kier alpha value is -2.08. The van der Waals surface area contributed by atoms with E-state index in [0.717, 1.165) is 18.2 Å². The maximum Gasteiger partial charge on any atom is 0.421 e. The zero-order valence-electron chi connectivity index (χ0n) is 10.8. The van der Waals surface area contributed by atoms with E-state index in [1.807, 2.05) is 0 Å². The number of nitrogens with one attached hydrogen (secondary N) is 2. The van der Waals surface area contributed by atoms with Crippen LogP contribution in [0.2, 0.25) is 0 Å². The van der Waals surface area contributed by atoms with Gasteiger partial charge in [0.15, 0.2) is 0 Å². The number of rotatable bonds is 4. The van der Waals surface area contributed by atoms with Crippen molar-refractivity contribution in [3.05, 3.63) is 35.4 Å². The summed E-state index contributed by atoms with van der Waals surface area (Å²) >= 11 is 0. The zero-order valence-corrected chi connectivity index (χ0v) is 11.7. The number of hydrogen-bond donors (Lipinski definition) is 3. The van der Waals surface area contributed by atoms with Crippen LogP contribution in [0, 0.1) is 11.8 Å². The Kier molecular flexibility index (Phi) is 5.99. The van der Waals surface area contributed by atoms with Gasteiger partial charge in [0, 0.05) is 12.1 Å². The number of carbonyl (C=O) groups is 1. The smallest absolute Gasteiger partial charge is 0.421 e. The van der Waals surface area contributed by atoms with Crippen molar-refractivity contribution in [2.24, 2.45) is 5.73 Å². The molecule has 0 saturated heterocycles. The number of methoxy groups -OCH3 is 1. The van der Waals surface area contributed by atoms with Crippen LogP contribution in [0.4, 0.5) is 4.79 Å². The first-order chi connectivity index (χ1) is 9.46. The van der Waals surface area contributed by atoms with Crippen molar-refractivity contribution in [2.75, 3.05) is 13.7 Å². The van der Waals surface area contributed by atoms with E-state index < -0.39 is 16.3 Å². The molecule has 0 radical (unpaired) electrons. The van der Waals surface area contributed by atoms with Crippen molar-refractivity contribution in [3.8, 4) is 11.8 Å². The summed E-state index contributed by atoms with van der Waals surface area (Å²) in [7, 11) is -2.86. The number of nitrogens with two attached hydrogens (primary N) is 1. The molecular formula is C12H15N3O4S. The summed E-state index contributed by atoms with van der Waals surface area (Å²) in [6.07, 6.45) is -1.05. The van der Waals surface area contributed by atoms with Gasteiger partial charge in [0.1, 0.15) is 0 Å². The molecule has 1 aromatic rings. The predicted octanol–water partition coefficient (Wildman–Crippen LogP) is -0.313. The fraction of sp³-hybridized carbons (Fsp3) is 0.250. The molecule has 0 saturated carbocycles. The van der Waals surface area contributed by atoms with E-state index in [4.69, 9.17) is 5.73 Å². The van der Waals surface area contributed by atoms with Crippen molar-refractivity contribution >= 4 is 16.3 Å². The highest BCUT2D eigenvalue weighted by molar-refractivity contribution is 7.88. The van der Waals surface area contributed by atoms with Crippen molar-refractivity contribution in [1.82, 2.24) is 9.44 Å². The Bertz CT molecular complexity index is 614. The third-order valence-electron chi connectivity index (χ3n) is 2.16. The average molecular weight is 297 g/mol. The van der Waals surface area contributed by atoms with Crippen molar-refractivity contribution in [3.63, 3.8) is 0 Å². The van der Waals surface area contributed by atoms with Gasteiger partial charge < -0.3 is 10.5 Å². The molecule has 1 aromatic carbocycles. The molecule has 7 nitrogen and oxygen atoms in total. The van der Waals surface area contributed by atoms with Gasteiger partial charge in [0.2, 0.25) is 0 Å². The lowest BCUT2D eigenvalue weighted by Crippen LogP contribution is -2.39. The molecule has 4 N–H and O–H groups in total. The van der Waals surface area contributed by atoms with Gasteiger partial charge in [0.25, 0.3) is 0 Å². The Labute approximate surface area is 117 Å². The van der Waals surface area contributed by atoms with Crippen molar-refractivity contribution in [2.45, 2.75) is 6.54 Å². The fourth-order valence-electron chi connectivity index (χ4n) is 1.22. The first-order valence-electron chi connectivity index (χ1n) is 5.60. The predicted molar refractivity (Wildman–Crippen MR) is 73.7 cm³/mol. The Morgan fingerprint density at radius 3 is 2.55 bits per heavy atom. The molecule has 0 aromatic heterocycles. The minimum Gasteiger partial charge on any atom is -0.452 e. The van der Waals surface area contributed by atoms with E-state index >= 15 is 0 Å². The molecule has 108 valence electrons. The van der Waals surface area contributed by atoms with Gasteiger partial charge in [-0.2, -0.15) is 13.1 Å². The third-order valence-corrected chi connectivity index (χ3v) is 3.12. The molecule has 1 rings (SSSR count). The second-order valence-electron chi connectivity index (χ2n) is 3.62. The molecule has 1 amide bonds. The first-order valence-corrected chi connectivity index (χ1v) is 7.08. The monoisotopic (exact) mass is 297 g/mol. The van der Waals surface area contributed by atoms with E-state index in [1.54, 1.807) is 29.0 Å². The minimum atomic E-state index is -3.93. The summed E-state index contributed by atoms with van der Waals surface area (Å²) < 4.78 is 30.9. The van der Waals surface area contributed by atoms with E-state index in [1.165, 1.54) is 0 Å². The van der Waals surface area contributed by atoms with E-state index in [2.05, 4.69) is 21.3 Å². The SMILES string of the molecule is COC(=O)NS(=O)(=O)NCc1ccc(C#CCN)cc1. The van der Waals surface area contributed by atoms with Gasteiger partial charge in [0.05, 0.1) is 13.7 Å². The summed E-state index contributed by atoms with van der Waals surface area (Å²) in [6, 6.07) is 6.95. The van der Waals surface area contributed by atoms with E-state index in [0.29, 0.717) is 0 Å². The number of carbonyl (C=O) groups excluding carboxylic acids is 1. The molecule has 0 bridgehead atoms. The standard InChI is InChI=1S/C12H15N3O4S/c1-19-12(16)15-20(17,18)14-9-11-6-4-10(5-7-11)3-2-8-13/h4-7,14H,8-9,13H2,1H3,(H,15,16). The Morgan fingerprint density at radius 2 is 2.00 bits per heavy atom. The lowest BCUT2D eigenvalue weighted by Gasteiger charge is -2.07. The minimum absolute atomic E-state index is 0.0386. The molecule has 8 heteroatoms. The topological polar surface area (TPSA) is 111 Å². The van der Waals surface area contributed by atoms with E-state index in [9.17, 15) is 13.2 Å². The molecule has 0 heterocycles. The number of hydrogen-bond acceptors (Lipinski definition) is 5. The summed E-state index contributed by atoms with van der Waals surface area (Å²) in [5, 5.41) is 0. The van der Waals surface area contributed by atoms with Crippen LogP contribution in [0.1, 0.15) is 11.1 Å². The molecular weight excluding hydrogens is 282 g/mol. The van der Waals surface area contributed by atoms with Gasteiger partial charge in [-0.1, -0.05) is 24.0 Å². The summed E-state index contributed by atoms with van der Waals surface area (Å²) in [5.41, 5.74) is 6.77. The summed E-state index contributed by atoms with van der Waals surface area (Å²) in [4.78, 5) is 10.8. The van der Waals surface area contributed by atoms with Crippen LogP contribution >= 0.6 is 0 Å². The van der Waals surface area contributed by atoms with Crippen molar-refractivity contribution < 1.29 is 17.9 Å². The second kappa shape index (κ2) is 7.49. The maximum absolute atomic E-state index is 11.4. The number of benzene rings is 1. The molecule has 0 unspecified atom stereocenters. The third kappa shape index (κ3) is 5.71. The van der Waals surface area contributed by atoms with E-state index in [-0.39, 0.29) is 13.1 Å². The lowest BCUT2D eigenvalue weighted by atomic mass is 10.1. The van der Waals surface area contributed by atoms with Crippen LogP contribution in [-0.2, 0) is 21.5 Å². The molecule has 0 atom stereocenters. The van der Waals surface area contributed by atoms with Gasteiger partial charge >= 0.3 is 16.3 Å². The fourth-order valence-corrected chi connectivity index (χ4v) is 1.96. The number of amides is 1. The molecule has 0 aliphatic heterocycles. The van der Waals surface area contributed by atoms with Crippen LogP contribution in [0.5, 0.6) is 0 Å².